The van der Waals surface area contributed by atoms with Crippen LogP contribution in [0.15, 0.2) is 77.7 Å². The third kappa shape index (κ3) is 8.11. The molecule has 7 nitrogen and oxygen atoms in total. The molecule has 1 atom stereocenters. The van der Waals surface area contributed by atoms with Gasteiger partial charge in [-0.15, -0.1) is 0 Å². The predicted octanol–water partition coefficient (Wildman–Crippen LogP) is 6.03. The summed E-state index contributed by atoms with van der Waals surface area (Å²) in [6, 6.07) is 18.0. The Hall–Kier alpha value is -2.78. The first-order valence-corrected chi connectivity index (χ1v) is 14.8. The first-order chi connectivity index (χ1) is 18.4. The summed E-state index contributed by atoms with van der Waals surface area (Å²) < 4.78 is 28.4. The zero-order valence-electron chi connectivity index (χ0n) is 21.8. The van der Waals surface area contributed by atoms with E-state index in [2.05, 4.69) is 5.32 Å². The first-order valence-electron chi connectivity index (χ1n) is 12.2. The third-order valence-corrected chi connectivity index (χ3v) is 8.69. The number of carbonyl (C=O) groups is 2. The van der Waals surface area contributed by atoms with E-state index in [1.165, 1.54) is 29.2 Å². The molecule has 0 saturated heterocycles. The fraction of sp³-hybridized carbons (Fsp3) is 0.286. The Morgan fingerprint density at radius 3 is 2.10 bits per heavy atom. The molecule has 0 heterocycles. The maximum Gasteiger partial charge on any atom is 0.264 e. The van der Waals surface area contributed by atoms with Gasteiger partial charge in [0.2, 0.25) is 11.8 Å². The topological polar surface area (TPSA) is 86.8 Å². The van der Waals surface area contributed by atoms with Crippen LogP contribution in [0.2, 0.25) is 15.1 Å². The number of hydrogen-bond acceptors (Lipinski definition) is 4. The Labute approximate surface area is 244 Å². The predicted molar refractivity (Wildman–Crippen MR) is 157 cm³/mol. The molecule has 11 heteroatoms. The minimum Gasteiger partial charge on any atom is -0.354 e. The van der Waals surface area contributed by atoms with Gasteiger partial charge in [-0.05, 0) is 66.9 Å². The number of anilines is 1. The molecule has 0 aromatic heterocycles. The summed E-state index contributed by atoms with van der Waals surface area (Å²) in [7, 11) is -4.14. The van der Waals surface area contributed by atoms with Gasteiger partial charge in [-0.25, -0.2) is 8.42 Å². The van der Waals surface area contributed by atoms with E-state index in [1.54, 1.807) is 55.5 Å². The number of rotatable bonds is 11. The van der Waals surface area contributed by atoms with Crippen molar-refractivity contribution in [3.8, 4) is 0 Å². The SMILES string of the molecule is CC(C)CNC(=O)[C@@H](C)N(Cc1ccc(Cl)c(Cl)c1)C(=O)CN(c1ccc(Cl)cc1)S(=O)(=O)c1ccccc1. The molecule has 0 unspecified atom stereocenters. The van der Waals surface area contributed by atoms with Gasteiger partial charge in [-0.2, -0.15) is 0 Å². The second kappa shape index (κ2) is 13.5. The Morgan fingerprint density at radius 1 is 0.872 bits per heavy atom. The number of amides is 2. The van der Waals surface area contributed by atoms with Crippen molar-refractivity contribution in [2.45, 2.75) is 38.3 Å². The highest BCUT2D eigenvalue weighted by molar-refractivity contribution is 7.92. The van der Waals surface area contributed by atoms with Crippen molar-refractivity contribution in [2.24, 2.45) is 5.92 Å². The minimum absolute atomic E-state index is 0.00578. The second-order valence-electron chi connectivity index (χ2n) is 9.39. The highest BCUT2D eigenvalue weighted by Crippen LogP contribution is 2.27. The zero-order valence-corrected chi connectivity index (χ0v) is 24.9. The molecule has 0 aliphatic heterocycles. The van der Waals surface area contributed by atoms with E-state index < -0.39 is 28.5 Å². The van der Waals surface area contributed by atoms with Crippen molar-refractivity contribution in [3.05, 3.63) is 93.4 Å². The quantitative estimate of drug-likeness (QED) is 0.287. The Morgan fingerprint density at radius 2 is 1.51 bits per heavy atom. The maximum atomic E-state index is 13.9. The number of benzene rings is 3. The van der Waals surface area contributed by atoms with Crippen molar-refractivity contribution in [3.63, 3.8) is 0 Å². The number of carbonyl (C=O) groups excluding carboxylic acids is 2. The van der Waals surface area contributed by atoms with E-state index in [9.17, 15) is 18.0 Å². The van der Waals surface area contributed by atoms with E-state index in [-0.39, 0.29) is 29.0 Å². The largest absolute Gasteiger partial charge is 0.354 e. The lowest BCUT2D eigenvalue weighted by molar-refractivity contribution is -0.139. The molecule has 3 rings (SSSR count). The van der Waals surface area contributed by atoms with Crippen LogP contribution in [0, 0.1) is 5.92 Å². The second-order valence-corrected chi connectivity index (χ2v) is 12.5. The van der Waals surface area contributed by atoms with E-state index >= 15 is 0 Å². The molecule has 0 spiro atoms. The molecule has 3 aromatic rings. The highest BCUT2D eigenvalue weighted by atomic mass is 35.5. The van der Waals surface area contributed by atoms with E-state index in [4.69, 9.17) is 34.8 Å². The van der Waals surface area contributed by atoms with Gasteiger partial charge in [0.05, 0.1) is 20.6 Å². The summed E-state index contributed by atoms with van der Waals surface area (Å²) in [5, 5.41) is 3.91. The average Bonchev–Trinajstić information content (AvgIpc) is 2.91. The number of nitrogens with zero attached hydrogens (tertiary/aromatic N) is 2. The lowest BCUT2D eigenvalue weighted by atomic mass is 10.1. The normalized spacial score (nSPS) is 12.2. The van der Waals surface area contributed by atoms with Gasteiger partial charge >= 0.3 is 0 Å². The van der Waals surface area contributed by atoms with Crippen LogP contribution in [-0.2, 0) is 26.2 Å². The van der Waals surface area contributed by atoms with Gasteiger partial charge in [0.1, 0.15) is 12.6 Å². The number of hydrogen-bond donors (Lipinski definition) is 1. The zero-order chi connectivity index (χ0) is 28.7. The maximum absolute atomic E-state index is 13.9. The summed E-state index contributed by atoms with van der Waals surface area (Å²) >= 11 is 18.3. The number of sulfonamides is 1. The van der Waals surface area contributed by atoms with Crippen LogP contribution in [0.4, 0.5) is 5.69 Å². The first kappa shape index (κ1) is 30.8. The summed E-state index contributed by atoms with van der Waals surface area (Å²) in [4.78, 5) is 28.2. The molecule has 0 fully saturated rings. The number of nitrogens with one attached hydrogen (secondary N) is 1. The highest BCUT2D eigenvalue weighted by Gasteiger charge is 2.32. The smallest absolute Gasteiger partial charge is 0.264 e. The van der Waals surface area contributed by atoms with E-state index in [0.29, 0.717) is 27.2 Å². The molecule has 0 saturated carbocycles. The molecule has 1 N–H and O–H groups in total. The van der Waals surface area contributed by atoms with Crippen LogP contribution in [0.5, 0.6) is 0 Å². The number of halogens is 3. The van der Waals surface area contributed by atoms with Crippen LogP contribution in [0.3, 0.4) is 0 Å². The monoisotopic (exact) mass is 609 g/mol. The van der Waals surface area contributed by atoms with Crippen LogP contribution < -0.4 is 9.62 Å². The Bertz CT molecular complexity index is 1400. The fourth-order valence-corrected chi connectivity index (χ4v) is 5.61. The van der Waals surface area contributed by atoms with E-state index in [0.717, 1.165) is 4.31 Å². The summed E-state index contributed by atoms with van der Waals surface area (Å²) in [6.07, 6.45) is 0. The van der Waals surface area contributed by atoms with Crippen molar-refractivity contribution in [1.29, 1.82) is 0 Å². The average molecular weight is 611 g/mol. The molecule has 0 aliphatic rings. The molecule has 0 radical (unpaired) electrons. The van der Waals surface area contributed by atoms with E-state index in [1.807, 2.05) is 13.8 Å². The van der Waals surface area contributed by atoms with Crippen LogP contribution in [0.1, 0.15) is 26.3 Å². The van der Waals surface area contributed by atoms with Crippen LogP contribution in [0.25, 0.3) is 0 Å². The third-order valence-electron chi connectivity index (χ3n) is 5.91. The Kier molecular flexibility index (Phi) is 10.7. The molecule has 208 valence electrons. The molecule has 3 aromatic carbocycles. The molecule has 0 aliphatic carbocycles. The molecular weight excluding hydrogens is 581 g/mol. The Balaban J connectivity index is 2.01. The summed E-state index contributed by atoms with van der Waals surface area (Å²) in [5.74, 6) is -0.736. The van der Waals surface area contributed by atoms with Gasteiger partial charge in [0, 0.05) is 18.1 Å². The molecule has 0 bridgehead atoms. The fourth-order valence-electron chi connectivity index (χ4n) is 3.73. The summed E-state index contributed by atoms with van der Waals surface area (Å²) in [6.45, 7) is 5.40. The molecule has 39 heavy (non-hydrogen) atoms. The van der Waals surface area contributed by atoms with Gasteiger partial charge in [-0.1, -0.05) is 72.9 Å². The van der Waals surface area contributed by atoms with Crippen LogP contribution in [-0.4, -0.2) is 44.3 Å². The molecular formula is C28H30Cl3N3O4S. The molecule has 2 amide bonds. The van der Waals surface area contributed by atoms with Crippen molar-refractivity contribution < 1.29 is 18.0 Å². The van der Waals surface area contributed by atoms with Gasteiger partial charge in [0.25, 0.3) is 10.0 Å². The van der Waals surface area contributed by atoms with Gasteiger partial charge in [0.15, 0.2) is 0 Å². The van der Waals surface area contributed by atoms with Gasteiger partial charge < -0.3 is 10.2 Å². The van der Waals surface area contributed by atoms with Crippen molar-refractivity contribution in [1.82, 2.24) is 10.2 Å². The summed E-state index contributed by atoms with van der Waals surface area (Å²) in [5.41, 5.74) is 0.883. The lowest BCUT2D eigenvalue weighted by Crippen LogP contribution is -2.51. The van der Waals surface area contributed by atoms with Gasteiger partial charge in [-0.3, -0.25) is 13.9 Å². The van der Waals surface area contributed by atoms with Crippen molar-refractivity contribution in [2.75, 3.05) is 17.4 Å². The van der Waals surface area contributed by atoms with Crippen molar-refractivity contribution >= 4 is 62.3 Å². The standard InChI is InChI=1S/C28H30Cl3N3O4S/c1-19(2)16-32-28(36)20(3)33(17-21-9-14-25(30)26(31)15-21)27(35)18-34(23-12-10-22(29)11-13-23)39(37,38)24-7-5-4-6-8-24/h4-15,19-20H,16-18H2,1-3H3,(H,32,36)/t20-/m1/s1. The lowest BCUT2D eigenvalue weighted by Gasteiger charge is -2.32. The van der Waals surface area contributed by atoms with Crippen LogP contribution >= 0.6 is 34.8 Å². The minimum atomic E-state index is -4.14.